The monoisotopic (exact) mass is 393 g/mol. The average molecular weight is 393 g/mol. The van der Waals surface area contributed by atoms with Crippen molar-refractivity contribution in [3.05, 3.63) is 58.2 Å². The number of hydrogen-bond donors (Lipinski definition) is 1. The van der Waals surface area contributed by atoms with E-state index in [4.69, 9.17) is 0 Å². The van der Waals surface area contributed by atoms with Crippen molar-refractivity contribution in [3.8, 4) is 0 Å². The maximum atomic E-state index is 14.4. The Kier molecular flexibility index (Phi) is 4.72. The van der Waals surface area contributed by atoms with Crippen LogP contribution in [0.5, 0.6) is 0 Å². The molecular formula is C18H16FNO4S2. The maximum Gasteiger partial charge on any atom is 0.349 e. The molecule has 5 nitrogen and oxygen atoms in total. The van der Waals surface area contributed by atoms with Gasteiger partial charge in [0.05, 0.1) is 7.11 Å². The Labute approximate surface area is 154 Å². The number of rotatable bonds is 4. The van der Waals surface area contributed by atoms with Crippen molar-refractivity contribution in [2.75, 3.05) is 11.8 Å². The molecule has 0 spiro atoms. The van der Waals surface area contributed by atoms with E-state index in [1.165, 1.54) is 6.07 Å². The Hall–Kier alpha value is -2.45. The zero-order valence-corrected chi connectivity index (χ0v) is 15.9. The van der Waals surface area contributed by atoms with Gasteiger partial charge in [0.2, 0.25) is 0 Å². The first-order chi connectivity index (χ1) is 12.2. The van der Waals surface area contributed by atoms with Crippen LogP contribution in [0.2, 0.25) is 0 Å². The molecule has 0 bridgehead atoms. The molecule has 0 atom stereocenters. The van der Waals surface area contributed by atoms with E-state index < -0.39 is 26.7 Å². The number of thiophene rings is 1. The number of esters is 1. The molecule has 1 aromatic heterocycles. The second-order valence-corrected chi connectivity index (χ2v) is 8.44. The average Bonchev–Trinajstić information content (AvgIpc) is 2.99. The molecule has 1 N–H and O–H groups in total. The van der Waals surface area contributed by atoms with Gasteiger partial charge >= 0.3 is 5.97 Å². The third-order valence-electron chi connectivity index (χ3n) is 4.02. The predicted octanol–water partition coefficient (Wildman–Crippen LogP) is 4.24. The van der Waals surface area contributed by atoms with Crippen molar-refractivity contribution in [2.24, 2.45) is 0 Å². The van der Waals surface area contributed by atoms with E-state index in [9.17, 15) is 17.6 Å². The Morgan fingerprint density at radius 1 is 1.15 bits per heavy atom. The molecule has 136 valence electrons. The van der Waals surface area contributed by atoms with E-state index >= 15 is 0 Å². The number of methoxy groups -OCH3 is 1. The SMILES string of the molecule is COC(=O)c1sc2cccc(F)c2c1S(=O)(=O)Nc1ccc(C)c(C)c1. The van der Waals surface area contributed by atoms with Gasteiger partial charge in [-0.1, -0.05) is 12.1 Å². The molecule has 0 amide bonds. The number of aryl methyl sites for hydroxylation is 2. The second-order valence-electron chi connectivity index (χ2n) is 5.77. The van der Waals surface area contributed by atoms with Crippen LogP contribution in [0.1, 0.15) is 20.8 Å². The normalized spacial score (nSPS) is 11.5. The minimum Gasteiger partial charge on any atom is -0.465 e. The summed E-state index contributed by atoms with van der Waals surface area (Å²) in [5.74, 6) is -1.54. The van der Waals surface area contributed by atoms with Crippen LogP contribution < -0.4 is 4.72 Å². The number of carbonyl (C=O) groups excluding carboxylic acids is 1. The summed E-state index contributed by atoms with van der Waals surface area (Å²) in [4.78, 5) is 11.5. The van der Waals surface area contributed by atoms with E-state index in [1.54, 1.807) is 24.3 Å². The fourth-order valence-electron chi connectivity index (χ4n) is 2.57. The van der Waals surface area contributed by atoms with Gasteiger partial charge in [0.15, 0.2) is 0 Å². The molecule has 2 aromatic carbocycles. The minimum atomic E-state index is -4.21. The molecule has 0 aliphatic rings. The highest BCUT2D eigenvalue weighted by atomic mass is 32.2. The highest BCUT2D eigenvalue weighted by molar-refractivity contribution is 7.93. The van der Waals surface area contributed by atoms with Gasteiger partial charge in [0.25, 0.3) is 10.0 Å². The number of hydrogen-bond acceptors (Lipinski definition) is 5. The van der Waals surface area contributed by atoms with Gasteiger partial charge in [0, 0.05) is 15.8 Å². The molecule has 0 saturated carbocycles. The van der Waals surface area contributed by atoms with Crippen molar-refractivity contribution in [1.82, 2.24) is 0 Å². The Bertz CT molecular complexity index is 1120. The van der Waals surface area contributed by atoms with Crippen LogP contribution in [0.3, 0.4) is 0 Å². The largest absolute Gasteiger partial charge is 0.465 e. The molecule has 0 unspecified atom stereocenters. The highest BCUT2D eigenvalue weighted by Gasteiger charge is 2.30. The molecule has 0 radical (unpaired) electrons. The van der Waals surface area contributed by atoms with Crippen molar-refractivity contribution < 1.29 is 22.3 Å². The lowest BCUT2D eigenvalue weighted by atomic mass is 10.1. The minimum absolute atomic E-state index is 0.116. The Morgan fingerprint density at radius 2 is 1.88 bits per heavy atom. The molecule has 0 saturated heterocycles. The van der Waals surface area contributed by atoms with Crippen molar-refractivity contribution >= 4 is 43.1 Å². The van der Waals surface area contributed by atoms with Gasteiger partial charge in [0.1, 0.15) is 15.6 Å². The number of benzene rings is 2. The van der Waals surface area contributed by atoms with Gasteiger partial charge in [-0.15, -0.1) is 11.3 Å². The van der Waals surface area contributed by atoms with E-state index in [1.807, 2.05) is 13.8 Å². The molecular weight excluding hydrogens is 377 g/mol. The zero-order chi connectivity index (χ0) is 19.1. The number of fused-ring (bicyclic) bond motifs is 1. The van der Waals surface area contributed by atoms with Gasteiger partial charge < -0.3 is 4.74 Å². The summed E-state index contributed by atoms with van der Waals surface area (Å²) in [6.07, 6.45) is 0. The number of nitrogens with one attached hydrogen (secondary N) is 1. The smallest absolute Gasteiger partial charge is 0.349 e. The molecule has 26 heavy (non-hydrogen) atoms. The first kappa shape index (κ1) is 18.3. The summed E-state index contributed by atoms with van der Waals surface area (Å²) in [6.45, 7) is 3.76. The number of halogens is 1. The molecule has 0 aliphatic carbocycles. The van der Waals surface area contributed by atoms with Crippen LogP contribution in [0, 0.1) is 19.7 Å². The summed E-state index contributed by atoms with van der Waals surface area (Å²) in [5, 5.41) is -0.116. The molecule has 0 fully saturated rings. The Morgan fingerprint density at radius 3 is 2.54 bits per heavy atom. The molecule has 3 aromatic rings. The molecule has 0 aliphatic heterocycles. The fourth-order valence-corrected chi connectivity index (χ4v) is 5.47. The predicted molar refractivity (Wildman–Crippen MR) is 99.8 cm³/mol. The van der Waals surface area contributed by atoms with E-state index in [-0.39, 0.29) is 10.3 Å². The maximum absolute atomic E-state index is 14.4. The first-order valence-electron chi connectivity index (χ1n) is 7.64. The van der Waals surface area contributed by atoms with Crippen LogP contribution in [0.15, 0.2) is 41.3 Å². The summed E-state index contributed by atoms with van der Waals surface area (Å²) in [6, 6.07) is 9.25. The van der Waals surface area contributed by atoms with Crippen LogP contribution in [0.4, 0.5) is 10.1 Å². The van der Waals surface area contributed by atoms with Gasteiger partial charge in [-0.2, -0.15) is 0 Å². The number of sulfonamides is 1. The van der Waals surface area contributed by atoms with Gasteiger partial charge in [-0.05, 0) is 49.2 Å². The van der Waals surface area contributed by atoms with Crippen LogP contribution >= 0.6 is 11.3 Å². The van der Waals surface area contributed by atoms with Crippen LogP contribution in [-0.2, 0) is 14.8 Å². The first-order valence-corrected chi connectivity index (χ1v) is 9.94. The van der Waals surface area contributed by atoms with E-state index in [0.29, 0.717) is 10.4 Å². The lowest BCUT2D eigenvalue weighted by molar-refractivity contribution is 0.0602. The summed E-state index contributed by atoms with van der Waals surface area (Å²) >= 11 is 0.880. The lowest BCUT2D eigenvalue weighted by Gasteiger charge is -2.11. The van der Waals surface area contributed by atoms with Crippen LogP contribution in [0.25, 0.3) is 10.1 Å². The van der Waals surface area contributed by atoms with E-state index in [2.05, 4.69) is 9.46 Å². The molecule has 1 heterocycles. The van der Waals surface area contributed by atoms with Gasteiger partial charge in [-0.25, -0.2) is 17.6 Å². The number of carbonyl (C=O) groups is 1. The second kappa shape index (κ2) is 6.69. The third kappa shape index (κ3) is 3.17. The molecule has 8 heteroatoms. The van der Waals surface area contributed by atoms with Crippen molar-refractivity contribution in [3.63, 3.8) is 0 Å². The van der Waals surface area contributed by atoms with Crippen molar-refractivity contribution in [1.29, 1.82) is 0 Å². The van der Waals surface area contributed by atoms with Crippen LogP contribution in [-0.4, -0.2) is 21.5 Å². The standard InChI is InChI=1S/C18H16FNO4S2/c1-10-7-8-12(9-11(10)2)20-26(22,23)17-15-13(19)5-4-6-14(15)25-16(17)18(21)24-3/h4-9,20H,1-3H3. The van der Waals surface area contributed by atoms with Crippen molar-refractivity contribution in [2.45, 2.75) is 18.7 Å². The zero-order valence-electron chi connectivity index (χ0n) is 14.3. The van der Waals surface area contributed by atoms with Gasteiger partial charge in [-0.3, -0.25) is 4.72 Å². The number of anilines is 1. The third-order valence-corrected chi connectivity index (χ3v) is 6.73. The summed E-state index contributed by atoms with van der Waals surface area (Å²) < 4.78 is 47.8. The highest BCUT2D eigenvalue weighted by Crippen LogP contribution is 2.37. The van der Waals surface area contributed by atoms with E-state index in [0.717, 1.165) is 35.6 Å². The fraction of sp³-hybridized carbons (Fsp3) is 0.167. The quantitative estimate of drug-likeness (QED) is 0.673. The summed E-state index contributed by atoms with van der Waals surface area (Å²) in [7, 11) is -3.07. The Balaban J connectivity index is 2.21. The lowest BCUT2D eigenvalue weighted by Crippen LogP contribution is -2.16. The molecule has 3 rings (SSSR count). The number of ether oxygens (including phenoxy) is 1. The summed E-state index contributed by atoms with van der Waals surface area (Å²) in [5.41, 5.74) is 2.24. The topological polar surface area (TPSA) is 72.5 Å².